The van der Waals surface area contributed by atoms with Gasteiger partial charge in [0, 0.05) is 18.9 Å². The molecule has 0 atom stereocenters. The van der Waals surface area contributed by atoms with Crippen LogP contribution < -0.4 is 5.32 Å². The lowest BCUT2D eigenvalue weighted by molar-refractivity contribution is 0.628. The van der Waals surface area contributed by atoms with Gasteiger partial charge < -0.3 is 5.32 Å². The van der Waals surface area contributed by atoms with Crippen LogP contribution in [0.25, 0.3) is 5.69 Å². The van der Waals surface area contributed by atoms with Crippen molar-refractivity contribution in [3.8, 4) is 5.69 Å². The highest BCUT2D eigenvalue weighted by atomic mass is 35.5. The van der Waals surface area contributed by atoms with E-state index in [1.807, 2.05) is 0 Å². The summed E-state index contributed by atoms with van der Waals surface area (Å²) in [5.41, 5.74) is 0.674. The molecular formula is C13H14Cl2FN3. The Labute approximate surface area is 121 Å². The van der Waals surface area contributed by atoms with Crippen molar-refractivity contribution >= 4 is 29.2 Å². The van der Waals surface area contributed by atoms with Crippen molar-refractivity contribution in [3.63, 3.8) is 0 Å². The minimum Gasteiger partial charge on any atom is -0.355 e. The summed E-state index contributed by atoms with van der Waals surface area (Å²) in [6.07, 6.45) is 5.59. The minimum absolute atomic E-state index is 0.00397. The molecule has 3 nitrogen and oxygen atoms in total. The fourth-order valence-corrected chi connectivity index (χ4v) is 2.18. The molecule has 0 unspecified atom stereocenters. The maximum Gasteiger partial charge on any atom is 0.207 e. The molecule has 0 aliphatic heterocycles. The molecule has 1 heterocycles. The summed E-state index contributed by atoms with van der Waals surface area (Å²) in [5.74, 6) is 0.0832. The van der Waals surface area contributed by atoms with Crippen molar-refractivity contribution in [2.24, 2.45) is 0 Å². The van der Waals surface area contributed by atoms with Crippen molar-refractivity contribution in [1.82, 2.24) is 9.55 Å². The van der Waals surface area contributed by atoms with Crippen LogP contribution in [0.2, 0.25) is 10.0 Å². The number of rotatable bonds is 5. The SMILES string of the molecule is CCCCNc1nccn1-c1cc(Cl)c(F)c(Cl)c1. The standard InChI is InChI=1S/C13H14Cl2FN3/c1-2-3-4-17-13-18-5-6-19(13)9-7-10(14)12(16)11(15)8-9/h5-8H,2-4H2,1H3,(H,17,18). The van der Waals surface area contributed by atoms with E-state index in [2.05, 4.69) is 17.2 Å². The monoisotopic (exact) mass is 301 g/mol. The molecule has 0 aliphatic rings. The van der Waals surface area contributed by atoms with Crippen molar-refractivity contribution in [3.05, 3.63) is 40.4 Å². The zero-order valence-electron chi connectivity index (χ0n) is 10.5. The second-order valence-corrected chi connectivity index (χ2v) is 4.94. The third kappa shape index (κ3) is 3.19. The molecule has 0 aliphatic carbocycles. The summed E-state index contributed by atoms with van der Waals surface area (Å²) in [7, 11) is 0. The van der Waals surface area contributed by atoms with Crippen LogP contribution >= 0.6 is 23.2 Å². The Balaban J connectivity index is 2.29. The molecule has 1 N–H and O–H groups in total. The van der Waals surface area contributed by atoms with E-state index >= 15 is 0 Å². The number of imidazole rings is 1. The summed E-state index contributed by atoms with van der Waals surface area (Å²) in [5, 5.41) is 3.21. The molecule has 6 heteroatoms. The van der Waals surface area contributed by atoms with Gasteiger partial charge in [0.2, 0.25) is 5.95 Å². The molecular weight excluding hydrogens is 288 g/mol. The number of nitrogens with zero attached hydrogens (tertiary/aromatic N) is 2. The molecule has 0 bridgehead atoms. The molecule has 0 radical (unpaired) electrons. The quantitative estimate of drug-likeness (QED) is 0.649. The summed E-state index contributed by atoms with van der Waals surface area (Å²) < 4.78 is 15.2. The molecule has 1 aromatic carbocycles. The van der Waals surface area contributed by atoms with Gasteiger partial charge in [-0.1, -0.05) is 36.5 Å². The van der Waals surface area contributed by atoms with Crippen molar-refractivity contribution < 1.29 is 4.39 Å². The van der Waals surface area contributed by atoms with Gasteiger partial charge in [0.15, 0.2) is 5.82 Å². The first-order valence-electron chi connectivity index (χ1n) is 6.05. The third-order valence-corrected chi connectivity index (χ3v) is 3.25. The summed E-state index contributed by atoms with van der Waals surface area (Å²) in [6, 6.07) is 3.05. The van der Waals surface area contributed by atoms with E-state index in [0.717, 1.165) is 19.4 Å². The van der Waals surface area contributed by atoms with Gasteiger partial charge in [-0.2, -0.15) is 0 Å². The zero-order valence-corrected chi connectivity index (χ0v) is 12.0. The molecule has 1 aromatic heterocycles. The van der Waals surface area contributed by atoms with Gasteiger partial charge in [0.25, 0.3) is 0 Å². The second kappa shape index (κ2) is 6.26. The van der Waals surface area contributed by atoms with Crippen LogP contribution in [-0.2, 0) is 0 Å². The van der Waals surface area contributed by atoms with E-state index in [9.17, 15) is 4.39 Å². The van der Waals surface area contributed by atoms with Crippen LogP contribution in [0.4, 0.5) is 10.3 Å². The Morgan fingerprint density at radius 1 is 1.32 bits per heavy atom. The van der Waals surface area contributed by atoms with Gasteiger partial charge >= 0.3 is 0 Å². The molecule has 0 saturated heterocycles. The molecule has 0 fully saturated rings. The summed E-state index contributed by atoms with van der Waals surface area (Å²) in [4.78, 5) is 4.22. The lowest BCUT2D eigenvalue weighted by Gasteiger charge is -2.10. The van der Waals surface area contributed by atoms with Crippen LogP contribution in [0.5, 0.6) is 0 Å². The lowest BCUT2D eigenvalue weighted by atomic mass is 10.3. The van der Waals surface area contributed by atoms with Crippen molar-refractivity contribution in [2.75, 3.05) is 11.9 Å². The minimum atomic E-state index is -0.604. The number of aromatic nitrogens is 2. The van der Waals surface area contributed by atoms with Crippen LogP contribution in [0, 0.1) is 5.82 Å². The molecule has 102 valence electrons. The number of anilines is 1. The van der Waals surface area contributed by atoms with Gasteiger partial charge in [-0.05, 0) is 18.6 Å². The van der Waals surface area contributed by atoms with E-state index in [1.165, 1.54) is 12.1 Å². The predicted molar refractivity (Wildman–Crippen MR) is 76.9 cm³/mol. The largest absolute Gasteiger partial charge is 0.355 e. The highest BCUT2D eigenvalue weighted by molar-refractivity contribution is 6.35. The molecule has 2 aromatic rings. The number of unbranched alkanes of at least 4 members (excludes halogenated alkanes) is 1. The van der Waals surface area contributed by atoms with Crippen LogP contribution in [0.3, 0.4) is 0 Å². The van der Waals surface area contributed by atoms with Gasteiger partial charge in [-0.15, -0.1) is 0 Å². The van der Waals surface area contributed by atoms with E-state index in [1.54, 1.807) is 17.0 Å². The average Bonchev–Trinajstić information content (AvgIpc) is 2.84. The molecule has 2 rings (SSSR count). The predicted octanol–water partition coefficient (Wildman–Crippen LogP) is 4.53. The number of hydrogen-bond acceptors (Lipinski definition) is 2. The molecule has 19 heavy (non-hydrogen) atoms. The van der Waals surface area contributed by atoms with E-state index < -0.39 is 5.82 Å². The fourth-order valence-electron chi connectivity index (χ4n) is 1.70. The Kier molecular flexibility index (Phi) is 4.66. The highest BCUT2D eigenvalue weighted by Gasteiger charge is 2.11. The van der Waals surface area contributed by atoms with Gasteiger partial charge in [0.05, 0.1) is 15.7 Å². The Hall–Kier alpha value is -1.26. The van der Waals surface area contributed by atoms with Gasteiger partial charge in [-0.25, -0.2) is 9.37 Å². The van der Waals surface area contributed by atoms with Crippen molar-refractivity contribution in [2.45, 2.75) is 19.8 Å². The maximum atomic E-state index is 13.4. The van der Waals surface area contributed by atoms with Crippen LogP contribution in [0.15, 0.2) is 24.5 Å². The smallest absolute Gasteiger partial charge is 0.207 e. The summed E-state index contributed by atoms with van der Waals surface area (Å²) >= 11 is 11.6. The number of nitrogens with one attached hydrogen (secondary N) is 1. The Bertz CT molecular complexity index is 546. The number of hydrogen-bond donors (Lipinski definition) is 1. The number of halogens is 3. The normalized spacial score (nSPS) is 10.7. The Morgan fingerprint density at radius 3 is 2.63 bits per heavy atom. The summed E-state index contributed by atoms with van der Waals surface area (Å²) in [6.45, 7) is 2.95. The first-order chi connectivity index (χ1) is 9.13. The van der Waals surface area contributed by atoms with Gasteiger partial charge in [0.1, 0.15) is 0 Å². The molecule has 0 spiro atoms. The van der Waals surface area contributed by atoms with E-state index in [4.69, 9.17) is 23.2 Å². The second-order valence-electron chi connectivity index (χ2n) is 4.12. The first kappa shape index (κ1) is 14.2. The fraction of sp³-hybridized carbons (Fsp3) is 0.308. The first-order valence-corrected chi connectivity index (χ1v) is 6.81. The van der Waals surface area contributed by atoms with Crippen LogP contribution in [-0.4, -0.2) is 16.1 Å². The van der Waals surface area contributed by atoms with E-state index in [0.29, 0.717) is 11.6 Å². The Morgan fingerprint density at radius 2 is 2.00 bits per heavy atom. The van der Waals surface area contributed by atoms with E-state index in [-0.39, 0.29) is 10.0 Å². The molecule has 0 amide bonds. The highest BCUT2D eigenvalue weighted by Crippen LogP contribution is 2.27. The zero-order chi connectivity index (χ0) is 13.8. The average molecular weight is 302 g/mol. The topological polar surface area (TPSA) is 29.9 Å². The van der Waals surface area contributed by atoms with Gasteiger partial charge in [-0.3, -0.25) is 4.57 Å². The molecule has 0 saturated carbocycles. The van der Waals surface area contributed by atoms with Crippen LogP contribution in [0.1, 0.15) is 19.8 Å². The third-order valence-electron chi connectivity index (χ3n) is 2.70. The van der Waals surface area contributed by atoms with Crippen molar-refractivity contribution in [1.29, 1.82) is 0 Å². The maximum absolute atomic E-state index is 13.4. The number of benzene rings is 1. The lowest BCUT2D eigenvalue weighted by Crippen LogP contribution is -2.07.